The van der Waals surface area contributed by atoms with E-state index in [2.05, 4.69) is 0 Å². The van der Waals surface area contributed by atoms with Gasteiger partial charge in [-0.3, -0.25) is 19.3 Å². The lowest BCUT2D eigenvalue weighted by atomic mass is 10.3. The number of allylic oxidation sites excluding steroid dienone is 1. The molecule has 0 aromatic carbocycles. The van der Waals surface area contributed by atoms with Gasteiger partial charge in [0.25, 0.3) is 5.91 Å². The van der Waals surface area contributed by atoms with Crippen LogP contribution >= 0.6 is 24.0 Å². The first-order valence-electron chi connectivity index (χ1n) is 4.89. The first-order chi connectivity index (χ1) is 7.91. The predicted molar refractivity (Wildman–Crippen MR) is 67.5 cm³/mol. The zero-order valence-corrected chi connectivity index (χ0v) is 10.8. The Morgan fingerprint density at radius 2 is 2.18 bits per heavy atom. The van der Waals surface area contributed by atoms with Gasteiger partial charge in [0.2, 0.25) is 0 Å². The second-order valence-electron chi connectivity index (χ2n) is 3.44. The Labute approximate surface area is 108 Å². The van der Waals surface area contributed by atoms with Crippen molar-refractivity contribution < 1.29 is 19.5 Å². The summed E-state index contributed by atoms with van der Waals surface area (Å²) in [6.45, 7) is 1.63. The van der Waals surface area contributed by atoms with Crippen LogP contribution in [0.1, 0.15) is 19.8 Å². The van der Waals surface area contributed by atoms with Crippen molar-refractivity contribution in [2.45, 2.75) is 19.8 Å². The highest BCUT2D eigenvalue weighted by Crippen LogP contribution is 2.30. The molecule has 0 saturated carbocycles. The second kappa shape index (κ2) is 5.92. The van der Waals surface area contributed by atoms with Crippen LogP contribution in [0.3, 0.4) is 0 Å². The van der Waals surface area contributed by atoms with Crippen LogP contribution < -0.4 is 0 Å². The molecule has 7 heteroatoms. The smallest absolute Gasteiger partial charge is 0.303 e. The number of amides is 1. The van der Waals surface area contributed by atoms with E-state index in [1.165, 1.54) is 17.9 Å². The Bertz CT molecular complexity index is 417. The summed E-state index contributed by atoms with van der Waals surface area (Å²) >= 11 is 6.06. The summed E-state index contributed by atoms with van der Waals surface area (Å²) in [6, 6.07) is 0. The highest BCUT2D eigenvalue weighted by molar-refractivity contribution is 8.26. The second-order valence-corrected chi connectivity index (χ2v) is 5.12. The van der Waals surface area contributed by atoms with E-state index in [1.807, 2.05) is 0 Å². The molecule has 0 atom stereocenters. The Balaban J connectivity index is 2.63. The maximum Gasteiger partial charge on any atom is 0.303 e. The van der Waals surface area contributed by atoms with Gasteiger partial charge in [-0.1, -0.05) is 24.0 Å². The third-order valence-electron chi connectivity index (χ3n) is 1.98. The summed E-state index contributed by atoms with van der Waals surface area (Å²) in [5.41, 5.74) is 0. The monoisotopic (exact) mass is 273 g/mol. The number of carbonyl (C=O) groups is 3. The minimum absolute atomic E-state index is 0.0111. The fourth-order valence-electron chi connectivity index (χ4n) is 1.27. The Morgan fingerprint density at radius 3 is 2.71 bits per heavy atom. The summed E-state index contributed by atoms with van der Waals surface area (Å²) in [5, 5.41) is 8.49. The molecule has 92 valence electrons. The van der Waals surface area contributed by atoms with Gasteiger partial charge in [-0.05, 0) is 13.3 Å². The van der Waals surface area contributed by atoms with Crippen molar-refractivity contribution >= 4 is 46.0 Å². The quantitative estimate of drug-likeness (QED) is 0.599. The molecule has 1 N–H and O–H groups in total. The molecule has 0 aliphatic carbocycles. The van der Waals surface area contributed by atoms with Gasteiger partial charge in [-0.15, -0.1) is 0 Å². The maximum absolute atomic E-state index is 11.8. The number of carboxylic acid groups (broad SMARTS) is 1. The largest absolute Gasteiger partial charge is 0.481 e. The fourth-order valence-corrected chi connectivity index (χ4v) is 2.60. The van der Waals surface area contributed by atoms with Crippen LogP contribution in [0, 0.1) is 0 Å². The first kappa shape index (κ1) is 13.9. The number of rotatable bonds is 5. The molecule has 0 aromatic rings. The van der Waals surface area contributed by atoms with Gasteiger partial charge in [0.15, 0.2) is 5.78 Å². The average Bonchev–Trinajstić information content (AvgIpc) is 2.44. The summed E-state index contributed by atoms with van der Waals surface area (Å²) in [5.74, 6) is -1.44. The van der Waals surface area contributed by atoms with E-state index in [1.54, 1.807) is 0 Å². The highest BCUT2D eigenvalue weighted by Gasteiger charge is 2.31. The van der Waals surface area contributed by atoms with Gasteiger partial charge in [0.05, 0.1) is 4.91 Å². The van der Waals surface area contributed by atoms with Crippen molar-refractivity contribution in [3.05, 3.63) is 11.0 Å². The molecule has 1 rings (SSSR count). The molecule has 5 nitrogen and oxygen atoms in total. The van der Waals surface area contributed by atoms with E-state index >= 15 is 0 Å². The zero-order valence-electron chi connectivity index (χ0n) is 9.13. The Hall–Kier alpha value is -1.21. The van der Waals surface area contributed by atoms with Crippen LogP contribution in [-0.4, -0.2) is 38.5 Å². The fraction of sp³-hybridized carbons (Fsp3) is 0.400. The van der Waals surface area contributed by atoms with E-state index in [4.69, 9.17) is 17.3 Å². The minimum Gasteiger partial charge on any atom is -0.481 e. The van der Waals surface area contributed by atoms with Gasteiger partial charge < -0.3 is 5.11 Å². The summed E-state index contributed by atoms with van der Waals surface area (Å²) in [6.07, 6.45) is 1.58. The normalized spacial score (nSPS) is 17.9. The van der Waals surface area contributed by atoms with E-state index in [0.717, 1.165) is 11.8 Å². The number of aliphatic carboxylic acids is 1. The molecule has 1 fully saturated rings. The molecule has 1 amide bonds. The van der Waals surface area contributed by atoms with Crippen LogP contribution in [-0.2, 0) is 14.4 Å². The van der Waals surface area contributed by atoms with Crippen LogP contribution in [0.4, 0.5) is 0 Å². The van der Waals surface area contributed by atoms with E-state index in [-0.39, 0.29) is 24.7 Å². The van der Waals surface area contributed by atoms with Crippen LogP contribution in [0.5, 0.6) is 0 Å². The van der Waals surface area contributed by atoms with Crippen molar-refractivity contribution in [1.29, 1.82) is 0 Å². The molecule has 0 radical (unpaired) electrons. The summed E-state index contributed by atoms with van der Waals surface area (Å²) < 4.78 is 0.368. The number of nitrogens with zero attached hydrogens (tertiary/aromatic N) is 1. The molecular weight excluding hydrogens is 262 g/mol. The van der Waals surface area contributed by atoms with Crippen molar-refractivity contribution in [3.8, 4) is 0 Å². The average molecular weight is 273 g/mol. The molecule has 1 aliphatic rings. The lowest BCUT2D eigenvalue weighted by molar-refractivity contribution is -0.137. The number of ketones is 1. The van der Waals surface area contributed by atoms with E-state index < -0.39 is 5.97 Å². The molecule has 0 unspecified atom stereocenters. The number of thiocarbonyl (C=S) groups is 1. The van der Waals surface area contributed by atoms with Crippen LogP contribution in [0.15, 0.2) is 11.0 Å². The predicted octanol–water partition coefficient (Wildman–Crippen LogP) is 1.18. The molecule has 0 aromatic heterocycles. The Morgan fingerprint density at radius 1 is 1.53 bits per heavy atom. The van der Waals surface area contributed by atoms with Crippen molar-refractivity contribution in [2.24, 2.45) is 0 Å². The maximum atomic E-state index is 11.8. The summed E-state index contributed by atoms with van der Waals surface area (Å²) in [4.78, 5) is 34.6. The SMILES string of the molecule is CC(=O)C=C1SC(=S)N(CCCC(=O)O)C1=O. The standard InChI is InChI=1S/C10H11NO4S2/c1-6(12)5-7-9(15)11(10(16)17-7)4-2-3-8(13)14/h5H,2-4H2,1H3,(H,13,14). The molecule has 0 spiro atoms. The van der Waals surface area contributed by atoms with E-state index in [0.29, 0.717) is 15.6 Å². The lowest BCUT2D eigenvalue weighted by Crippen LogP contribution is -2.29. The molecule has 1 heterocycles. The Kier molecular flexibility index (Phi) is 4.83. The molecule has 17 heavy (non-hydrogen) atoms. The van der Waals surface area contributed by atoms with E-state index in [9.17, 15) is 14.4 Å². The minimum atomic E-state index is -0.908. The first-order valence-corrected chi connectivity index (χ1v) is 6.12. The number of carboxylic acids is 1. The van der Waals surface area contributed by atoms with Gasteiger partial charge in [0, 0.05) is 19.0 Å². The number of hydrogen-bond donors (Lipinski definition) is 1. The molecular formula is C10H11NO4S2. The highest BCUT2D eigenvalue weighted by atomic mass is 32.2. The topological polar surface area (TPSA) is 74.7 Å². The third kappa shape index (κ3) is 3.94. The molecule has 1 saturated heterocycles. The van der Waals surface area contributed by atoms with Crippen LogP contribution in [0.25, 0.3) is 0 Å². The zero-order chi connectivity index (χ0) is 13.0. The summed E-state index contributed by atoms with van der Waals surface area (Å²) in [7, 11) is 0. The number of thioether (sulfide) groups is 1. The van der Waals surface area contributed by atoms with Crippen molar-refractivity contribution in [3.63, 3.8) is 0 Å². The van der Waals surface area contributed by atoms with Gasteiger partial charge in [-0.25, -0.2) is 0 Å². The van der Waals surface area contributed by atoms with Gasteiger partial charge >= 0.3 is 5.97 Å². The number of hydrogen-bond acceptors (Lipinski definition) is 5. The molecule has 0 bridgehead atoms. The molecule has 1 aliphatic heterocycles. The van der Waals surface area contributed by atoms with Crippen LogP contribution in [0.2, 0.25) is 0 Å². The lowest BCUT2D eigenvalue weighted by Gasteiger charge is -2.12. The third-order valence-corrected chi connectivity index (χ3v) is 3.36. The van der Waals surface area contributed by atoms with Gasteiger partial charge in [-0.2, -0.15) is 0 Å². The van der Waals surface area contributed by atoms with Crippen molar-refractivity contribution in [1.82, 2.24) is 4.90 Å². The van der Waals surface area contributed by atoms with Gasteiger partial charge in [0.1, 0.15) is 4.32 Å². The van der Waals surface area contributed by atoms with Crippen molar-refractivity contribution in [2.75, 3.05) is 6.54 Å². The number of carbonyl (C=O) groups excluding carboxylic acids is 2.